The number of carboxylic acids is 1. The number of carboxylic acid groups (broad SMARTS) is 1. The van der Waals surface area contributed by atoms with Gasteiger partial charge in [-0.2, -0.15) is 0 Å². The third-order valence-corrected chi connectivity index (χ3v) is 2.89. The van der Waals surface area contributed by atoms with Gasteiger partial charge in [-0.05, 0) is 0 Å². The Balaban J connectivity index is 1.94. The fourth-order valence-corrected chi connectivity index (χ4v) is 1.94. The van der Waals surface area contributed by atoms with Crippen molar-refractivity contribution in [1.82, 2.24) is 14.9 Å². The Labute approximate surface area is 105 Å². The van der Waals surface area contributed by atoms with E-state index < -0.39 is 5.97 Å². The smallest absolute Gasteiger partial charge is 0.317 e. The molecule has 1 fully saturated rings. The minimum Gasteiger partial charge on any atom is -0.481 e. The van der Waals surface area contributed by atoms with Crippen LogP contribution in [-0.4, -0.2) is 65.8 Å². The van der Waals surface area contributed by atoms with Crippen LogP contribution in [0.4, 0.5) is 5.82 Å². The maximum Gasteiger partial charge on any atom is 0.317 e. The standard InChI is InChI=1S/C11H16N4O3/c1-18-10-6-9(12-8-13-10)15-4-2-14(3-5-15)7-11(16)17/h6,8H,2-5,7H2,1H3,(H,16,17). The lowest BCUT2D eigenvalue weighted by Crippen LogP contribution is -2.48. The van der Waals surface area contributed by atoms with E-state index >= 15 is 0 Å². The molecule has 18 heavy (non-hydrogen) atoms. The fourth-order valence-electron chi connectivity index (χ4n) is 1.94. The first-order valence-corrected chi connectivity index (χ1v) is 5.74. The minimum atomic E-state index is -0.785. The van der Waals surface area contributed by atoms with E-state index in [2.05, 4.69) is 14.9 Å². The van der Waals surface area contributed by atoms with Gasteiger partial charge in [-0.15, -0.1) is 0 Å². The summed E-state index contributed by atoms with van der Waals surface area (Å²) in [6.45, 7) is 3.05. The number of carbonyl (C=O) groups is 1. The van der Waals surface area contributed by atoms with Gasteiger partial charge in [-0.3, -0.25) is 9.69 Å². The molecule has 0 spiro atoms. The second-order valence-corrected chi connectivity index (χ2v) is 4.08. The van der Waals surface area contributed by atoms with E-state index in [9.17, 15) is 4.79 Å². The van der Waals surface area contributed by atoms with Crippen LogP contribution in [0.25, 0.3) is 0 Å². The van der Waals surface area contributed by atoms with E-state index in [-0.39, 0.29) is 6.54 Å². The zero-order valence-electron chi connectivity index (χ0n) is 10.2. The summed E-state index contributed by atoms with van der Waals surface area (Å²) in [6.07, 6.45) is 1.47. The van der Waals surface area contributed by atoms with Crippen molar-refractivity contribution < 1.29 is 14.6 Å². The molecule has 0 aromatic carbocycles. The van der Waals surface area contributed by atoms with Crippen LogP contribution in [0.3, 0.4) is 0 Å². The summed E-state index contributed by atoms with van der Waals surface area (Å²) in [5.41, 5.74) is 0. The predicted octanol–water partition coefficient (Wildman–Crippen LogP) is -0.308. The van der Waals surface area contributed by atoms with Gasteiger partial charge in [0.1, 0.15) is 12.1 Å². The molecule has 7 heteroatoms. The average Bonchev–Trinajstić information content (AvgIpc) is 2.39. The molecule has 1 N–H and O–H groups in total. The summed E-state index contributed by atoms with van der Waals surface area (Å²) in [5, 5.41) is 8.72. The van der Waals surface area contributed by atoms with Crippen LogP contribution < -0.4 is 9.64 Å². The number of ether oxygens (including phenoxy) is 1. The first-order valence-electron chi connectivity index (χ1n) is 5.74. The quantitative estimate of drug-likeness (QED) is 0.787. The molecule has 0 bridgehead atoms. The number of hydrogen-bond acceptors (Lipinski definition) is 6. The van der Waals surface area contributed by atoms with Crippen LogP contribution in [0.5, 0.6) is 5.88 Å². The maximum atomic E-state index is 10.6. The van der Waals surface area contributed by atoms with Gasteiger partial charge in [0, 0.05) is 32.2 Å². The van der Waals surface area contributed by atoms with Crippen LogP contribution in [0.1, 0.15) is 0 Å². The van der Waals surface area contributed by atoms with Crippen LogP contribution in [0.2, 0.25) is 0 Å². The van der Waals surface area contributed by atoms with E-state index in [1.165, 1.54) is 6.33 Å². The van der Waals surface area contributed by atoms with Crippen molar-refractivity contribution >= 4 is 11.8 Å². The minimum absolute atomic E-state index is 0.0981. The molecule has 0 unspecified atom stereocenters. The Morgan fingerprint density at radius 1 is 1.39 bits per heavy atom. The normalized spacial score (nSPS) is 16.6. The molecule has 2 rings (SSSR count). The molecular formula is C11H16N4O3. The highest BCUT2D eigenvalue weighted by Gasteiger charge is 2.19. The Bertz CT molecular complexity index is 419. The number of methoxy groups -OCH3 is 1. The van der Waals surface area contributed by atoms with Crippen molar-refractivity contribution in [2.24, 2.45) is 0 Å². The summed E-state index contributed by atoms with van der Waals surface area (Å²) in [7, 11) is 1.57. The van der Waals surface area contributed by atoms with Crippen LogP contribution in [-0.2, 0) is 4.79 Å². The molecule has 1 aliphatic heterocycles. The SMILES string of the molecule is COc1cc(N2CCN(CC(=O)O)CC2)ncn1. The van der Waals surface area contributed by atoms with Gasteiger partial charge in [0.2, 0.25) is 5.88 Å². The van der Waals surface area contributed by atoms with E-state index in [0.717, 1.165) is 32.0 Å². The first-order chi connectivity index (χ1) is 8.69. The Kier molecular flexibility index (Phi) is 3.93. The van der Waals surface area contributed by atoms with Crippen molar-refractivity contribution in [1.29, 1.82) is 0 Å². The summed E-state index contributed by atoms with van der Waals surface area (Å²) in [4.78, 5) is 22.8. The summed E-state index contributed by atoms with van der Waals surface area (Å²) >= 11 is 0. The zero-order chi connectivity index (χ0) is 13.0. The van der Waals surface area contributed by atoms with Crippen LogP contribution >= 0.6 is 0 Å². The number of aromatic nitrogens is 2. The van der Waals surface area contributed by atoms with Gasteiger partial charge in [0.15, 0.2) is 0 Å². The zero-order valence-corrected chi connectivity index (χ0v) is 10.2. The third-order valence-electron chi connectivity index (χ3n) is 2.89. The van der Waals surface area contributed by atoms with Gasteiger partial charge >= 0.3 is 5.97 Å². The number of rotatable bonds is 4. The lowest BCUT2D eigenvalue weighted by Gasteiger charge is -2.34. The highest BCUT2D eigenvalue weighted by molar-refractivity contribution is 5.69. The van der Waals surface area contributed by atoms with Gasteiger partial charge in [0.25, 0.3) is 0 Å². The van der Waals surface area contributed by atoms with E-state index in [4.69, 9.17) is 9.84 Å². The summed E-state index contributed by atoms with van der Waals surface area (Å²) in [6, 6.07) is 1.78. The topological polar surface area (TPSA) is 78.8 Å². The Morgan fingerprint density at radius 3 is 2.72 bits per heavy atom. The Morgan fingerprint density at radius 2 is 2.11 bits per heavy atom. The molecule has 0 aliphatic carbocycles. The van der Waals surface area contributed by atoms with Gasteiger partial charge < -0.3 is 14.7 Å². The van der Waals surface area contributed by atoms with E-state index in [1.54, 1.807) is 13.2 Å². The lowest BCUT2D eigenvalue weighted by atomic mass is 10.3. The van der Waals surface area contributed by atoms with E-state index in [0.29, 0.717) is 5.88 Å². The first kappa shape index (κ1) is 12.6. The molecule has 1 aromatic heterocycles. The molecule has 1 saturated heterocycles. The summed E-state index contributed by atoms with van der Waals surface area (Å²) < 4.78 is 5.05. The maximum absolute atomic E-state index is 10.6. The van der Waals surface area contributed by atoms with Crippen molar-refractivity contribution in [3.05, 3.63) is 12.4 Å². The number of nitrogens with zero attached hydrogens (tertiary/aromatic N) is 4. The largest absolute Gasteiger partial charge is 0.481 e. The van der Waals surface area contributed by atoms with Gasteiger partial charge in [-0.25, -0.2) is 9.97 Å². The molecule has 98 valence electrons. The van der Waals surface area contributed by atoms with Crippen LogP contribution in [0.15, 0.2) is 12.4 Å². The second-order valence-electron chi connectivity index (χ2n) is 4.08. The number of hydrogen-bond donors (Lipinski definition) is 1. The van der Waals surface area contributed by atoms with Gasteiger partial charge in [-0.1, -0.05) is 0 Å². The lowest BCUT2D eigenvalue weighted by molar-refractivity contribution is -0.138. The van der Waals surface area contributed by atoms with Crippen LogP contribution in [0, 0.1) is 0 Å². The molecule has 0 atom stereocenters. The second kappa shape index (κ2) is 5.63. The fraction of sp³-hybridized carbons (Fsp3) is 0.545. The third kappa shape index (κ3) is 3.07. The molecule has 0 amide bonds. The van der Waals surface area contributed by atoms with Gasteiger partial charge in [0.05, 0.1) is 13.7 Å². The number of piperazine rings is 1. The highest BCUT2D eigenvalue weighted by atomic mass is 16.5. The Hall–Kier alpha value is -1.89. The molecule has 2 heterocycles. The van der Waals surface area contributed by atoms with E-state index in [1.807, 2.05) is 4.90 Å². The molecule has 0 saturated carbocycles. The number of anilines is 1. The monoisotopic (exact) mass is 252 g/mol. The summed E-state index contributed by atoms with van der Waals surface area (Å²) in [5.74, 6) is 0.567. The van der Waals surface area contributed by atoms with Crippen molar-refractivity contribution in [3.63, 3.8) is 0 Å². The predicted molar refractivity (Wildman–Crippen MR) is 64.9 cm³/mol. The molecule has 0 radical (unpaired) electrons. The van der Waals surface area contributed by atoms with Crippen molar-refractivity contribution in [2.45, 2.75) is 0 Å². The molecule has 7 nitrogen and oxygen atoms in total. The van der Waals surface area contributed by atoms with Crippen molar-refractivity contribution in [2.75, 3.05) is 44.7 Å². The highest BCUT2D eigenvalue weighted by Crippen LogP contribution is 2.16. The van der Waals surface area contributed by atoms with Crippen molar-refractivity contribution in [3.8, 4) is 5.88 Å². The molecule has 1 aromatic rings. The molecular weight excluding hydrogens is 236 g/mol. The number of aliphatic carboxylic acids is 1. The average molecular weight is 252 g/mol. The molecule has 1 aliphatic rings.